The van der Waals surface area contributed by atoms with Crippen LogP contribution in [0, 0.1) is 0 Å². The van der Waals surface area contributed by atoms with E-state index in [1.54, 1.807) is 54.6 Å². The van der Waals surface area contributed by atoms with Crippen molar-refractivity contribution in [2.24, 2.45) is 0 Å². The van der Waals surface area contributed by atoms with Crippen LogP contribution in [-0.4, -0.2) is 196 Å². The third-order valence-corrected chi connectivity index (χ3v) is 27.0. The standard InChI is InChI=1S/3C27H35F3N2O5S/c3*1-35-25-12-11-22(17-26(25)36-2)38(33,34)31-20-7-9-21(10-8-20)32-15-13-19(14-16-32)23-5-3-4-6-24(23)37-18-27(28,29)30/h3*3-6,11-12,17,19-21,31H,7-10,13-16,18H2,1-2H3. The number of hydrogen-bond acceptors (Lipinski definition) is 18. The van der Waals surface area contributed by atoms with Crippen LogP contribution >= 0.6 is 0 Å². The van der Waals surface area contributed by atoms with Gasteiger partial charge in [-0.1, -0.05) is 54.6 Å². The molecule has 6 aromatic rings. The number of methoxy groups -OCH3 is 6. The van der Waals surface area contributed by atoms with Crippen molar-refractivity contribution in [3.8, 4) is 51.7 Å². The van der Waals surface area contributed by atoms with Crippen molar-refractivity contribution in [1.29, 1.82) is 0 Å². The van der Waals surface area contributed by atoms with Crippen LogP contribution in [0.4, 0.5) is 39.5 Å². The molecule has 6 fully saturated rings. The Hall–Kier alpha value is -7.50. The Morgan fingerprint density at radius 2 is 0.518 bits per heavy atom. The number of halogens is 9. The van der Waals surface area contributed by atoms with E-state index in [0.29, 0.717) is 69.9 Å². The molecule has 3 N–H and O–H groups in total. The smallest absolute Gasteiger partial charge is 0.422 e. The first kappa shape index (κ1) is 88.9. The van der Waals surface area contributed by atoms with Gasteiger partial charge in [-0.15, -0.1) is 0 Å². The molecule has 0 aromatic heterocycles. The third kappa shape index (κ3) is 25.0. The molecule has 630 valence electrons. The van der Waals surface area contributed by atoms with E-state index in [0.717, 1.165) is 172 Å². The highest BCUT2D eigenvalue weighted by Gasteiger charge is 2.39. The zero-order valence-corrected chi connectivity index (χ0v) is 67.5. The van der Waals surface area contributed by atoms with Crippen LogP contribution in [0.3, 0.4) is 0 Å². The van der Waals surface area contributed by atoms with Gasteiger partial charge >= 0.3 is 18.5 Å². The Morgan fingerprint density at radius 3 is 0.728 bits per heavy atom. The highest BCUT2D eigenvalue weighted by molar-refractivity contribution is 7.90. The Morgan fingerprint density at radius 1 is 0.298 bits per heavy atom. The fourth-order valence-electron chi connectivity index (χ4n) is 16.5. The Kier molecular flexibility index (Phi) is 31.3. The molecule has 12 rings (SSSR count). The molecule has 0 bridgehead atoms. The highest BCUT2D eigenvalue weighted by atomic mass is 32.2. The van der Waals surface area contributed by atoms with Gasteiger partial charge < -0.3 is 57.3 Å². The molecule has 6 aliphatic rings. The molecule has 3 aliphatic carbocycles. The maximum Gasteiger partial charge on any atom is 0.422 e. The maximum absolute atomic E-state index is 13.0. The summed E-state index contributed by atoms with van der Waals surface area (Å²) in [5.41, 5.74) is 2.51. The highest BCUT2D eigenvalue weighted by Crippen LogP contribution is 2.43. The molecule has 0 radical (unpaired) electrons. The number of rotatable bonds is 27. The van der Waals surface area contributed by atoms with E-state index in [1.165, 1.54) is 79.1 Å². The second kappa shape index (κ2) is 40.1. The number of alkyl halides is 9. The topological polar surface area (TPSA) is 231 Å². The maximum atomic E-state index is 13.0. The molecule has 33 heteroatoms. The van der Waals surface area contributed by atoms with E-state index < -0.39 is 68.4 Å². The Bertz CT molecular complexity index is 3970. The average Bonchev–Trinajstić information content (AvgIpc) is 0.813. The van der Waals surface area contributed by atoms with Crippen LogP contribution in [0.1, 0.15) is 150 Å². The molecule has 0 amide bonds. The van der Waals surface area contributed by atoms with Crippen LogP contribution in [0.25, 0.3) is 0 Å². The van der Waals surface area contributed by atoms with E-state index in [4.69, 9.17) is 42.6 Å². The summed E-state index contributed by atoms with van der Waals surface area (Å²) in [6.07, 6.45) is 1.71. The molecule has 21 nitrogen and oxygen atoms in total. The molecular weight excluding hydrogens is 1560 g/mol. The summed E-state index contributed by atoms with van der Waals surface area (Å²) < 4.78 is 247. The van der Waals surface area contributed by atoms with Crippen molar-refractivity contribution in [2.75, 3.05) is 102 Å². The summed E-state index contributed by atoms with van der Waals surface area (Å²) in [4.78, 5) is 7.73. The van der Waals surface area contributed by atoms with Gasteiger partial charge in [0.1, 0.15) is 17.2 Å². The van der Waals surface area contributed by atoms with Crippen LogP contribution in [0.5, 0.6) is 51.7 Å². The van der Waals surface area contributed by atoms with Crippen LogP contribution in [-0.2, 0) is 30.1 Å². The Balaban J connectivity index is 0.000000181. The average molecular weight is 1670 g/mol. The first-order chi connectivity index (χ1) is 54.3. The number of para-hydroxylation sites is 3. The van der Waals surface area contributed by atoms with Gasteiger partial charge in [-0.25, -0.2) is 39.4 Å². The summed E-state index contributed by atoms with van der Waals surface area (Å²) in [5, 5.41) is 0. The number of nitrogens with zero attached hydrogens (tertiary/aromatic N) is 3. The van der Waals surface area contributed by atoms with Gasteiger partial charge in [-0.05, 0) is 244 Å². The lowest BCUT2D eigenvalue weighted by atomic mass is 9.85. The lowest BCUT2D eigenvalue weighted by molar-refractivity contribution is -0.154. The van der Waals surface area contributed by atoms with Crippen molar-refractivity contribution in [3.63, 3.8) is 0 Å². The number of benzene rings is 6. The van der Waals surface area contributed by atoms with E-state index in [1.807, 2.05) is 36.4 Å². The van der Waals surface area contributed by atoms with Crippen molar-refractivity contribution in [3.05, 3.63) is 144 Å². The number of sulfonamides is 3. The SMILES string of the molecule is COc1ccc(S(=O)(=O)NC2CCC(N3CCC(c4ccccc4OCC(F)(F)F)CC3)CC2)cc1OC.COc1ccc(S(=O)(=O)NC2CCC(N3CCC(c4ccccc4OCC(F)(F)F)CC3)CC2)cc1OC.COc1ccc(S(=O)(=O)NC2CCC(N3CCC(c4ccccc4OCC(F)(F)F)CC3)CC2)cc1OC. The van der Waals surface area contributed by atoms with Gasteiger partial charge in [0.15, 0.2) is 54.3 Å². The molecule has 114 heavy (non-hydrogen) atoms. The predicted molar refractivity (Wildman–Crippen MR) is 412 cm³/mol. The summed E-state index contributed by atoms with van der Waals surface area (Å²) in [5.74, 6) is 3.86. The Labute approximate surface area is 663 Å². The van der Waals surface area contributed by atoms with Crippen molar-refractivity contribution < 1.29 is 107 Å². The first-order valence-electron chi connectivity index (χ1n) is 38.6. The number of likely N-dealkylation sites (tertiary alicyclic amines) is 3. The lowest BCUT2D eigenvalue weighted by Gasteiger charge is -2.41. The zero-order chi connectivity index (χ0) is 82.0. The van der Waals surface area contributed by atoms with Gasteiger partial charge in [-0.2, -0.15) is 39.5 Å². The van der Waals surface area contributed by atoms with Crippen LogP contribution in [0.2, 0.25) is 0 Å². The van der Waals surface area contributed by atoms with Crippen molar-refractivity contribution in [2.45, 2.75) is 203 Å². The minimum absolute atomic E-state index is 0.138. The molecule has 0 unspecified atom stereocenters. The monoisotopic (exact) mass is 1670 g/mol. The molecule has 6 aromatic carbocycles. The minimum Gasteiger partial charge on any atom is -0.493 e. The molecule has 3 saturated heterocycles. The second-order valence-electron chi connectivity index (χ2n) is 29.7. The number of piperidine rings is 3. The van der Waals surface area contributed by atoms with Crippen LogP contribution < -0.4 is 56.8 Å². The van der Waals surface area contributed by atoms with Crippen molar-refractivity contribution >= 4 is 30.1 Å². The fraction of sp³-hybridized carbons (Fsp3) is 0.556. The summed E-state index contributed by atoms with van der Waals surface area (Å²) >= 11 is 0. The second-order valence-corrected chi connectivity index (χ2v) is 34.8. The normalized spacial score (nSPS) is 21.7. The zero-order valence-electron chi connectivity index (χ0n) is 65.0. The summed E-state index contributed by atoms with van der Waals surface area (Å²) in [6, 6.07) is 35.4. The largest absolute Gasteiger partial charge is 0.493 e. The first-order valence-corrected chi connectivity index (χ1v) is 43.0. The van der Waals surface area contributed by atoms with Crippen molar-refractivity contribution in [1.82, 2.24) is 28.9 Å². The fourth-order valence-corrected chi connectivity index (χ4v) is 20.5. The molecular formula is C81H105F9N6O15S3. The number of hydrogen-bond donors (Lipinski definition) is 3. The van der Waals surface area contributed by atoms with Gasteiger partial charge in [-0.3, -0.25) is 0 Å². The van der Waals surface area contributed by atoms with Gasteiger partial charge in [0.2, 0.25) is 30.1 Å². The quantitative estimate of drug-likeness (QED) is 0.0407. The van der Waals surface area contributed by atoms with E-state index in [-0.39, 0.29) is 50.6 Å². The van der Waals surface area contributed by atoms with E-state index in [2.05, 4.69) is 28.9 Å². The number of nitrogens with one attached hydrogen (secondary N) is 3. The summed E-state index contributed by atoms with van der Waals surface area (Å²) in [7, 11) is -2.21. The minimum atomic E-state index is -4.37. The number of ether oxygens (including phenoxy) is 9. The van der Waals surface area contributed by atoms with Gasteiger partial charge in [0.25, 0.3) is 0 Å². The lowest BCUT2D eigenvalue weighted by Crippen LogP contribution is -2.46. The molecule has 3 aliphatic heterocycles. The molecule has 3 saturated carbocycles. The third-order valence-electron chi connectivity index (χ3n) is 22.4. The van der Waals surface area contributed by atoms with Gasteiger partial charge in [0, 0.05) is 54.5 Å². The molecule has 0 spiro atoms. The molecule has 0 atom stereocenters. The predicted octanol–water partition coefficient (Wildman–Crippen LogP) is 15.3. The molecule has 3 heterocycles. The van der Waals surface area contributed by atoms with Gasteiger partial charge in [0.05, 0.1) is 57.3 Å². The summed E-state index contributed by atoms with van der Waals surface area (Å²) in [6.45, 7) is 1.24. The van der Waals surface area contributed by atoms with Crippen LogP contribution in [0.15, 0.2) is 142 Å². The van der Waals surface area contributed by atoms with E-state index in [9.17, 15) is 64.8 Å². The van der Waals surface area contributed by atoms with E-state index >= 15 is 0 Å².